The molecule has 2 aromatic heterocycles. The van der Waals surface area contributed by atoms with Gasteiger partial charge in [-0.2, -0.15) is 0 Å². The van der Waals surface area contributed by atoms with E-state index in [1.54, 1.807) is 23.0 Å². The summed E-state index contributed by atoms with van der Waals surface area (Å²) >= 11 is 0. The molecule has 1 saturated heterocycles. The highest BCUT2D eigenvalue weighted by molar-refractivity contribution is 5.99. The lowest BCUT2D eigenvalue weighted by Gasteiger charge is -2.44. The first-order valence-electron chi connectivity index (χ1n) is 11.7. The molecule has 3 aromatic rings. The van der Waals surface area contributed by atoms with Gasteiger partial charge in [0, 0.05) is 42.2 Å². The van der Waals surface area contributed by atoms with Crippen molar-refractivity contribution in [3.8, 4) is 11.3 Å². The fourth-order valence-electron chi connectivity index (χ4n) is 5.12. The number of Topliss-reactive ketones (excluding diaryl/α,β-unsaturated/α-hetero) is 1. The number of likely N-dealkylation sites (tertiary alicyclic amines) is 1. The van der Waals surface area contributed by atoms with E-state index in [0.29, 0.717) is 29.7 Å². The Morgan fingerprint density at radius 1 is 1.00 bits per heavy atom. The van der Waals surface area contributed by atoms with Crippen LogP contribution in [0.15, 0.2) is 65.7 Å². The SMILES string of the molecule is CN1CCC(C2CCn3c(nc(-c4ccncc4)cc3=O)N2CC(=O)c2ccccc2)CC1.Cl. The minimum absolute atomic E-state index is 0. The van der Waals surface area contributed by atoms with Crippen molar-refractivity contribution in [3.63, 3.8) is 0 Å². The summed E-state index contributed by atoms with van der Waals surface area (Å²) < 4.78 is 1.73. The average Bonchev–Trinajstić information content (AvgIpc) is 2.86. The minimum atomic E-state index is -0.0780. The normalized spacial score (nSPS) is 18.7. The molecule has 1 atom stereocenters. The number of fused-ring (bicyclic) bond motifs is 1. The lowest BCUT2D eigenvalue weighted by molar-refractivity contribution is 0.0986. The molecule has 34 heavy (non-hydrogen) atoms. The van der Waals surface area contributed by atoms with Crippen molar-refractivity contribution >= 4 is 24.1 Å². The molecule has 0 N–H and O–H groups in total. The predicted molar refractivity (Wildman–Crippen MR) is 136 cm³/mol. The maximum absolute atomic E-state index is 13.3. The number of anilines is 1. The maximum Gasteiger partial charge on any atom is 0.255 e. The number of carbonyl (C=O) groups excluding carboxylic acids is 1. The molecule has 4 heterocycles. The number of hydrogen-bond acceptors (Lipinski definition) is 6. The zero-order chi connectivity index (χ0) is 22.8. The van der Waals surface area contributed by atoms with Crippen molar-refractivity contribution in [3.05, 3.63) is 76.8 Å². The van der Waals surface area contributed by atoms with Gasteiger partial charge in [-0.25, -0.2) is 4.98 Å². The molecule has 0 aliphatic carbocycles. The van der Waals surface area contributed by atoms with E-state index >= 15 is 0 Å². The van der Waals surface area contributed by atoms with Crippen molar-refractivity contribution in [1.29, 1.82) is 0 Å². The Morgan fingerprint density at radius 3 is 2.41 bits per heavy atom. The molecule has 5 rings (SSSR count). The molecule has 2 aliphatic rings. The highest BCUT2D eigenvalue weighted by Crippen LogP contribution is 2.33. The molecule has 8 heteroatoms. The van der Waals surface area contributed by atoms with E-state index in [-0.39, 0.29) is 36.3 Å². The van der Waals surface area contributed by atoms with Gasteiger partial charge in [-0.05, 0) is 57.5 Å². The van der Waals surface area contributed by atoms with Crippen LogP contribution in [0, 0.1) is 5.92 Å². The molecule has 7 nitrogen and oxygen atoms in total. The molecule has 1 aromatic carbocycles. The topological polar surface area (TPSA) is 71.3 Å². The molecule has 0 bridgehead atoms. The Balaban J connectivity index is 0.00000274. The molecule has 0 radical (unpaired) electrons. The number of pyridine rings is 1. The quantitative estimate of drug-likeness (QED) is 0.521. The zero-order valence-electron chi connectivity index (χ0n) is 19.3. The second-order valence-electron chi connectivity index (χ2n) is 9.08. The lowest BCUT2D eigenvalue weighted by Crippen LogP contribution is -2.52. The third-order valence-corrected chi connectivity index (χ3v) is 6.99. The van der Waals surface area contributed by atoms with Crippen LogP contribution in [0.2, 0.25) is 0 Å². The lowest BCUT2D eigenvalue weighted by atomic mass is 9.85. The van der Waals surface area contributed by atoms with Gasteiger partial charge in [0.15, 0.2) is 5.78 Å². The number of piperidine rings is 1. The van der Waals surface area contributed by atoms with E-state index in [1.165, 1.54) is 0 Å². The monoisotopic (exact) mass is 479 g/mol. The third kappa shape index (κ3) is 4.91. The van der Waals surface area contributed by atoms with Gasteiger partial charge in [0.25, 0.3) is 5.56 Å². The number of hydrogen-bond donors (Lipinski definition) is 0. The molecule has 0 amide bonds. The molecule has 0 saturated carbocycles. The van der Waals surface area contributed by atoms with Gasteiger partial charge in [0.05, 0.1) is 12.2 Å². The number of nitrogens with zero attached hydrogens (tertiary/aromatic N) is 5. The van der Waals surface area contributed by atoms with Crippen LogP contribution in [-0.2, 0) is 6.54 Å². The van der Waals surface area contributed by atoms with Crippen LogP contribution in [0.3, 0.4) is 0 Å². The number of carbonyl (C=O) groups is 1. The number of halogens is 1. The second kappa shape index (κ2) is 10.5. The van der Waals surface area contributed by atoms with E-state index in [1.807, 2.05) is 42.5 Å². The summed E-state index contributed by atoms with van der Waals surface area (Å²) in [6.07, 6.45) is 6.43. The molecule has 1 fully saturated rings. The highest BCUT2D eigenvalue weighted by atomic mass is 35.5. The fraction of sp³-hybridized carbons (Fsp3) is 0.385. The van der Waals surface area contributed by atoms with E-state index < -0.39 is 0 Å². The van der Waals surface area contributed by atoms with Crippen LogP contribution in [-0.4, -0.2) is 57.9 Å². The summed E-state index contributed by atoms with van der Waals surface area (Å²) in [5.41, 5.74) is 2.08. The van der Waals surface area contributed by atoms with E-state index in [9.17, 15) is 9.59 Å². The van der Waals surface area contributed by atoms with Crippen molar-refractivity contribution < 1.29 is 4.79 Å². The largest absolute Gasteiger partial charge is 0.331 e. The van der Waals surface area contributed by atoms with Gasteiger partial charge in [0.1, 0.15) is 0 Å². The van der Waals surface area contributed by atoms with Gasteiger partial charge >= 0.3 is 0 Å². The van der Waals surface area contributed by atoms with Crippen LogP contribution in [0.25, 0.3) is 11.3 Å². The smallest absolute Gasteiger partial charge is 0.255 e. The van der Waals surface area contributed by atoms with Gasteiger partial charge in [-0.3, -0.25) is 19.1 Å². The van der Waals surface area contributed by atoms with Crippen molar-refractivity contribution in [2.45, 2.75) is 31.8 Å². The first kappa shape index (κ1) is 24.1. The van der Waals surface area contributed by atoms with Crippen LogP contribution >= 0.6 is 12.4 Å². The Morgan fingerprint density at radius 2 is 1.71 bits per heavy atom. The van der Waals surface area contributed by atoms with Crippen LogP contribution < -0.4 is 10.5 Å². The molecular formula is C26H30ClN5O2. The molecule has 2 aliphatic heterocycles. The van der Waals surface area contributed by atoms with E-state index in [0.717, 1.165) is 37.9 Å². The Kier molecular flexibility index (Phi) is 7.44. The molecule has 0 spiro atoms. The number of aromatic nitrogens is 3. The Hall–Kier alpha value is -3.03. The summed E-state index contributed by atoms with van der Waals surface area (Å²) in [7, 11) is 2.16. The number of rotatable bonds is 5. The van der Waals surface area contributed by atoms with Gasteiger partial charge < -0.3 is 9.80 Å². The zero-order valence-corrected chi connectivity index (χ0v) is 20.2. The summed E-state index contributed by atoms with van der Waals surface area (Å²) in [6, 6.07) is 14.9. The predicted octanol–water partition coefficient (Wildman–Crippen LogP) is 3.53. The van der Waals surface area contributed by atoms with Gasteiger partial charge in [-0.15, -0.1) is 12.4 Å². The standard InChI is InChI=1S/C26H29N5O2.ClH/c1-29-14-9-20(10-15-29)23-11-16-30-25(33)17-22(19-7-12-27-13-8-19)28-26(30)31(23)18-24(32)21-5-3-2-4-6-21;/h2-8,12-13,17,20,23H,9-11,14-16,18H2,1H3;1H. The van der Waals surface area contributed by atoms with Crippen molar-refractivity contribution in [2.24, 2.45) is 5.92 Å². The fourth-order valence-corrected chi connectivity index (χ4v) is 5.12. The first-order chi connectivity index (χ1) is 16.1. The molecule has 178 valence electrons. The third-order valence-electron chi connectivity index (χ3n) is 6.99. The average molecular weight is 480 g/mol. The van der Waals surface area contributed by atoms with Crippen molar-refractivity contribution in [1.82, 2.24) is 19.4 Å². The van der Waals surface area contributed by atoms with E-state index in [4.69, 9.17) is 4.98 Å². The minimum Gasteiger partial charge on any atom is -0.331 e. The summed E-state index contributed by atoms with van der Waals surface area (Å²) in [5.74, 6) is 1.12. The summed E-state index contributed by atoms with van der Waals surface area (Å²) in [6.45, 7) is 2.95. The van der Waals surface area contributed by atoms with E-state index in [2.05, 4.69) is 21.8 Å². The van der Waals surface area contributed by atoms with Crippen LogP contribution in [0.4, 0.5) is 5.95 Å². The number of ketones is 1. The number of benzene rings is 1. The summed E-state index contributed by atoms with van der Waals surface area (Å²) in [4.78, 5) is 39.8. The van der Waals surface area contributed by atoms with Crippen molar-refractivity contribution in [2.75, 3.05) is 31.6 Å². The van der Waals surface area contributed by atoms with Gasteiger partial charge in [-0.1, -0.05) is 30.3 Å². The van der Waals surface area contributed by atoms with Crippen LogP contribution in [0.1, 0.15) is 29.6 Å². The Bertz CT molecular complexity index is 1180. The summed E-state index contributed by atoms with van der Waals surface area (Å²) in [5, 5.41) is 0. The molecule has 1 unspecified atom stereocenters. The maximum atomic E-state index is 13.3. The highest BCUT2D eigenvalue weighted by Gasteiger charge is 2.36. The second-order valence-corrected chi connectivity index (χ2v) is 9.08. The van der Waals surface area contributed by atoms with Crippen LogP contribution in [0.5, 0.6) is 0 Å². The Labute approximate surface area is 205 Å². The van der Waals surface area contributed by atoms with Gasteiger partial charge in [0.2, 0.25) is 5.95 Å². The molecular weight excluding hydrogens is 450 g/mol. The first-order valence-corrected chi connectivity index (χ1v) is 11.7.